The highest BCUT2D eigenvalue weighted by Gasteiger charge is 2.23. The predicted octanol–water partition coefficient (Wildman–Crippen LogP) is 0.173. The highest BCUT2D eigenvalue weighted by atomic mass is 16.5. The zero-order chi connectivity index (χ0) is 19.4. The van der Waals surface area contributed by atoms with Crippen LogP contribution < -0.4 is 11.0 Å². The van der Waals surface area contributed by atoms with Gasteiger partial charge in [0.2, 0.25) is 0 Å². The van der Waals surface area contributed by atoms with Crippen molar-refractivity contribution in [2.75, 3.05) is 26.3 Å². The van der Waals surface area contributed by atoms with Gasteiger partial charge in [-0.1, -0.05) is 18.2 Å². The molecule has 142 valence electrons. The number of hydrazone groups is 1. The van der Waals surface area contributed by atoms with Crippen LogP contribution in [0.3, 0.4) is 0 Å². The number of hydrogen-bond donors (Lipinski definition) is 2. The molecule has 2 amide bonds. The number of aromatic amines is 1. The summed E-state index contributed by atoms with van der Waals surface area (Å²) in [6.45, 7) is 4.90. The molecule has 1 aliphatic rings. The maximum absolute atomic E-state index is 12.7. The van der Waals surface area contributed by atoms with Gasteiger partial charge in [0.25, 0.3) is 5.56 Å². The normalized spacial score (nSPS) is 14.9. The SMILES string of the molecule is C/C(=N\NC(=O)C(=O)N1CCOCC1)c1c(C)[nH]n(-c2ccccc2)c1=O. The van der Waals surface area contributed by atoms with Crippen LogP contribution in [-0.4, -0.2) is 58.5 Å². The Kier molecular flexibility index (Phi) is 5.51. The third-order valence-electron chi connectivity index (χ3n) is 4.27. The number of aromatic nitrogens is 2. The lowest BCUT2D eigenvalue weighted by atomic mass is 10.2. The number of para-hydroxylation sites is 1. The van der Waals surface area contributed by atoms with Gasteiger partial charge < -0.3 is 9.64 Å². The van der Waals surface area contributed by atoms with E-state index >= 15 is 0 Å². The molecule has 0 aliphatic carbocycles. The van der Waals surface area contributed by atoms with Crippen molar-refractivity contribution >= 4 is 17.5 Å². The molecule has 0 saturated carbocycles. The summed E-state index contributed by atoms with van der Waals surface area (Å²) < 4.78 is 6.56. The molecule has 2 heterocycles. The molecule has 9 nitrogen and oxygen atoms in total. The van der Waals surface area contributed by atoms with E-state index < -0.39 is 11.8 Å². The van der Waals surface area contributed by atoms with Gasteiger partial charge in [0.15, 0.2) is 0 Å². The van der Waals surface area contributed by atoms with Crippen molar-refractivity contribution in [1.82, 2.24) is 20.1 Å². The zero-order valence-corrected chi connectivity index (χ0v) is 15.2. The maximum atomic E-state index is 12.7. The standard InChI is InChI=1S/C18H21N5O4/c1-12(19-20-16(24)18(26)22-8-10-27-11-9-22)15-13(2)21-23(17(15)25)14-6-4-3-5-7-14/h3-7,21H,8-11H2,1-2H3,(H,20,24)/b19-12+. The summed E-state index contributed by atoms with van der Waals surface area (Å²) in [5.41, 5.74) is 3.91. The van der Waals surface area contributed by atoms with E-state index in [1.54, 1.807) is 26.0 Å². The van der Waals surface area contributed by atoms with E-state index in [2.05, 4.69) is 15.6 Å². The second kappa shape index (κ2) is 8.00. The van der Waals surface area contributed by atoms with Crippen molar-refractivity contribution in [2.45, 2.75) is 13.8 Å². The molecule has 1 aliphatic heterocycles. The second-order valence-corrected chi connectivity index (χ2v) is 6.13. The van der Waals surface area contributed by atoms with E-state index in [0.717, 1.165) is 0 Å². The number of aryl methyl sites for hydroxylation is 1. The molecule has 1 aromatic heterocycles. The average Bonchev–Trinajstić information content (AvgIpc) is 3.00. The lowest BCUT2D eigenvalue weighted by molar-refractivity contribution is -0.148. The number of nitrogens with zero attached hydrogens (tertiary/aromatic N) is 3. The molecule has 1 aromatic carbocycles. The summed E-state index contributed by atoms with van der Waals surface area (Å²) in [6.07, 6.45) is 0. The molecular weight excluding hydrogens is 350 g/mol. The topological polar surface area (TPSA) is 109 Å². The number of carbonyl (C=O) groups excluding carboxylic acids is 2. The first-order valence-electron chi connectivity index (χ1n) is 8.57. The van der Waals surface area contributed by atoms with E-state index in [-0.39, 0.29) is 5.56 Å². The van der Waals surface area contributed by atoms with E-state index in [1.165, 1.54) is 9.58 Å². The number of morpholine rings is 1. The van der Waals surface area contributed by atoms with Crippen LogP contribution in [0.15, 0.2) is 40.2 Å². The van der Waals surface area contributed by atoms with Gasteiger partial charge in [-0.3, -0.25) is 19.5 Å². The Morgan fingerprint density at radius 2 is 1.85 bits per heavy atom. The zero-order valence-electron chi connectivity index (χ0n) is 15.2. The largest absolute Gasteiger partial charge is 0.378 e. The van der Waals surface area contributed by atoms with E-state index in [0.29, 0.717) is 49.0 Å². The minimum absolute atomic E-state index is 0.284. The number of carbonyl (C=O) groups is 2. The van der Waals surface area contributed by atoms with Crippen molar-refractivity contribution in [2.24, 2.45) is 5.10 Å². The molecule has 0 atom stereocenters. The molecule has 0 unspecified atom stereocenters. The number of H-pyrrole nitrogens is 1. The van der Waals surface area contributed by atoms with Crippen molar-refractivity contribution in [3.05, 3.63) is 51.9 Å². The molecule has 27 heavy (non-hydrogen) atoms. The molecule has 0 radical (unpaired) electrons. The quantitative estimate of drug-likeness (QED) is 0.455. The Bertz CT molecular complexity index is 923. The van der Waals surface area contributed by atoms with E-state index in [9.17, 15) is 14.4 Å². The highest BCUT2D eigenvalue weighted by molar-refractivity contribution is 6.35. The third kappa shape index (κ3) is 3.98. The fourth-order valence-corrected chi connectivity index (χ4v) is 2.88. The number of amides is 2. The number of benzene rings is 1. The van der Waals surface area contributed by atoms with Crippen molar-refractivity contribution in [3.63, 3.8) is 0 Å². The number of nitrogens with one attached hydrogen (secondary N) is 2. The van der Waals surface area contributed by atoms with E-state index in [1.807, 2.05) is 18.2 Å². The van der Waals surface area contributed by atoms with Crippen LogP contribution in [0.5, 0.6) is 0 Å². The fraction of sp³-hybridized carbons (Fsp3) is 0.333. The fourth-order valence-electron chi connectivity index (χ4n) is 2.88. The number of ether oxygens (including phenoxy) is 1. The first-order chi connectivity index (χ1) is 13.0. The van der Waals surface area contributed by atoms with Crippen LogP contribution >= 0.6 is 0 Å². The van der Waals surface area contributed by atoms with Crippen LogP contribution in [0.2, 0.25) is 0 Å². The third-order valence-corrected chi connectivity index (χ3v) is 4.27. The average molecular weight is 371 g/mol. The Morgan fingerprint density at radius 1 is 1.19 bits per heavy atom. The molecule has 0 bridgehead atoms. The summed E-state index contributed by atoms with van der Waals surface area (Å²) in [7, 11) is 0. The van der Waals surface area contributed by atoms with Gasteiger partial charge >= 0.3 is 11.8 Å². The maximum Gasteiger partial charge on any atom is 0.329 e. The van der Waals surface area contributed by atoms with Crippen LogP contribution in [0, 0.1) is 6.92 Å². The minimum atomic E-state index is -0.840. The number of rotatable bonds is 3. The summed E-state index contributed by atoms with van der Waals surface area (Å²) in [5.74, 6) is -1.50. The van der Waals surface area contributed by atoms with Crippen molar-refractivity contribution < 1.29 is 14.3 Å². The smallest absolute Gasteiger partial charge is 0.329 e. The molecule has 0 spiro atoms. The van der Waals surface area contributed by atoms with Crippen molar-refractivity contribution in [3.8, 4) is 5.69 Å². The Morgan fingerprint density at radius 3 is 2.52 bits per heavy atom. The van der Waals surface area contributed by atoms with Gasteiger partial charge in [-0.05, 0) is 26.0 Å². The van der Waals surface area contributed by atoms with Gasteiger partial charge in [-0.25, -0.2) is 10.1 Å². The summed E-state index contributed by atoms with van der Waals surface area (Å²) in [5, 5.41) is 6.94. The molecule has 1 fully saturated rings. The highest BCUT2D eigenvalue weighted by Crippen LogP contribution is 2.07. The summed E-state index contributed by atoms with van der Waals surface area (Å²) in [4.78, 5) is 38.2. The predicted molar refractivity (Wildman–Crippen MR) is 98.9 cm³/mol. The van der Waals surface area contributed by atoms with Gasteiger partial charge in [0.05, 0.1) is 30.2 Å². The van der Waals surface area contributed by atoms with Gasteiger partial charge in [0.1, 0.15) is 0 Å². The molecule has 3 rings (SSSR count). The molecule has 9 heteroatoms. The van der Waals surface area contributed by atoms with Crippen LogP contribution in [0.1, 0.15) is 18.2 Å². The van der Waals surface area contributed by atoms with Crippen LogP contribution in [0.4, 0.5) is 0 Å². The first-order valence-corrected chi connectivity index (χ1v) is 8.57. The Balaban J connectivity index is 1.76. The molecule has 2 aromatic rings. The van der Waals surface area contributed by atoms with E-state index in [4.69, 9.17) is 4.74 Å². The van der Waals surface area contributed by atoms with Gasteiger partial charge in [-0.2, -0.15) is 5.10 Å². The minimum Gasteiger partial charge on any atom is -0.378 e. The lowest BCUT2D eigenvalue weighted by Crippen LogP contribution is -2.47. The summed E-state index contributed by atoms with van der Waals surface area (Å²) >= 11 is 0. The number of hydrogen-bond acceptors (Lipinski definition) is 5. The molecule has 1 saturated heterocycles. The van der Waals surface area contributed by atoms with Crippen LogP contribution in [-0.2, 0) is 14.3 Å². The lowest BCUT2D eigenvalue weighted by Gasteiger charge is -2.25. The molecular formula is C18H21N5O4. The monoisotopic (exact) mass is 371 g/mol. The summed E-state index contributed by atoms with van der Waals surface area (Å²) in [6, 6.07) is 9.12. The second-order valence-electron chi connectivity index (χ2n) is 6.13. The Hall–Kier alpha value is -3.20. The first kappa shape index (κ1) is 18.6. The Labute approximate surface area is 155 Å². The molecule has 2 N–H and O–H groups in total. The van der Waals surface area contributed by atoms with Crippen molar-refractivity contribution in [1.29, 1.82) is 0 Å². The van der Waals surface area contributed by atoms with Crippen LogP contribution in [0.25, 0.3) is 5.69 Å². The van der Waals surface area contributed by atoms with Gasteiger partial charge in [-0.15, -0.1) is 0 Å². The van der Waals surface area contributed by atoms with Gasteiger partial charge in [0, 0.05) is 18.8 Å².